The third kappa shape index (κ3) is 32.6. The number of carboxylic acids is 1. The second-order valence-electron chi connectivity index (χ2n) is 37.2. The summed E-state index contributed by atoms with van der Waals surface area (Å²) in [6.07, 6.45) is 11.5. The number of nitrogens with one attached hydrogen (secondary N) is 2. The molecular weight excluding hydrogens is 2120 g/mol. The standard InChI is InChI=1S/C34H34FN7O2.C25H27N3O2.C21H21FN2O2.C15H15BrN4O.C9H11N3.C6H5Br2NO.C2HF3O2/c1-8-24-25(21-14-27(31(43)41(7)18-21)40-28-10-9-22(17-38-28)34(5,6)19-36)11-12-37-30(24)42-32(44)29-20(16-39-42)13-23(15-26(29)35)33(2,3)4;1-25(2,18-26)21-9-14-24(27-15-21)28(16-19-5-10-22(29-3)11-6-19)17-20-7-12-23(30-4)13-8-20;1-25-19-8-3-16(4-9-19)14-24(21-12-7-18(22)13-23-21)15-17-5-10-20(26-2)11-6-17;1-15(2,9-17)10-4-5-13(18-7-10)19-12-6-11(16)8-20(3)14(12)21;1-9(2,6-10)7-3-4-8(11)12-5-7;1-9-3-4(7)2-5(8)6(9)10;3-2(4,5)1(6)7/h9-18H,8H2,1-7H3,(H,38,40);5-15H,16-17H2,1-4H3;3-13H,14-15H2,1-2H3;4-8H,1-3H3,(H,18,19);3-5H,1-2H3,(H2,11,12);2-3H,1H3;(H,6,7). The number of aliphatic carboxylic acids is 1. The molecule has 0 radical (unpaired) electrons. The van der Waals surface area contributed by atoms with Gasteiger partial charge in [-0.3, -0.25) is 19.2 Å². The molecule has 5 aromatic carbocycles. The number of alkyl halides is 3. The average Bonchev–Trinajstić information content (AvgIpc) is 0.753. The molecule has 10 aromatic heterocycles. The quantitative estimate of drug-likeness (QED) is 0.0386. The molecule has 15 aromatic rings. The molecule has 15 rings (SSSR count). The van der Waals surface area contributed by atoms with Gasteiger partial charge in [-0.1, -0.05) is 100 Å². The third-order valence-electron chi connectivity index (χ3n) is 23.4. The summed E-state index contributed by atoms with van der Waals surface area (Å²) < 4.78 is 89.2. The number of hydrogen-bond donors (Lipinski definition) is 4. The van der Waals surface area contributed by atoms with E-state index < -0.39 is 45.2 Å². The highest BCUT2D eigenvalue weighted by Gasteiger charge is 2.38. The number of carboxylic acid groups (broad SMARTS) is 1. The van der Waals surface area contributed by atoms with Gasteiger partial charge in [0.05, 0.1) is 96.6 Å². The van der Waals surface area contributed by atoms with Crippen LogP contribution in [0.3, 0.4) is 0 Å². The molecule has 0 fully saturated rings. The van der Waals surface area contributed by atoms with Crippen molar-refractivity contribution in [3.63, 3.8) is 0 Å². The molecular formula is C112H114Br3F5N20O10. The van der Waals surface area contributed by atoms with Crippen molar-refractivity contribution in [1.29, 1.82) is 21.0 Å². The van der Waals surface area contributed by atoms with Crippen LogP contribution in [0.25, 0.3) is 27.7 Å². The van der Waals surface area contributed by atoms with E-state index in [1.807, 2.05) is 186 Å². The lowest BCUT2D eigenvalue weighted by Gasteiger charge is -2.25. The molecule has 0 aliphatic carbocycles. The highest BCUT2D eigenvalue weighted by Crippen LogP contribution is 2.35. The Balaban J connectivity index is 0.000000208. The third-order valence-corrected chi connectivity index (χ3v) is 24.8. The van der Waals surface area contributed by atoms with E-state index in [-0.39, 0.29) is 39.1 Å². The zero-order valence-electron chi connectivity index (χ0n) is 86.1. The molecule has 0 unspecified atom stereocenters. The van der Waals surface area contributed by atoms with Crippen molar-refractivity contribution in [2.45, 2.75) is 149 Å². The number of rotatable bonds is 25. The van der Waals surface area contributed by atoms with Crippen LogP contribution in [0.1, 0.15) is 139 Å². The second-order valence-corrected chi connectivity index (χ2v) is 39.9. The molecule has 30 nitrogen and oxygen atoms in total. The SMILES string of the molecule is CC(C)(C#N)c1ccc(N)nc1.CCc1c(-c2cc(Nc3ccc(C(C)(C)C#N)cn3)c(=O)n(C)c2)ccnc1-n1ncc2cc(C(C)(C)C)cc(F)c2c1=O.COc1ccc(CN(Cc2ccc(OC)cc2)c2ccc(C(C)(C)C#N)cn2)cc1.COc1ccc(CN(Cc2ccc(OC)cc2)c2ccc(F)cn2)cc1.Cn1cc(Br)cc(Br)c1=O.Cn1cc(Br)cc(Nc2ccc(C(C)(C)C#N)cn2)c1=O.O=C(O)C(F)(F)F. The lowest BCUT2D eigenvalue weighted by molar-refractivity contribution is -0.192. The zero-order valence-corrected chi connectivity index (χ0v) is 90.9. The Labute approximate surface area is 891 Å². The summed E-state index contributed by atoms with van der Waals surface area (Å²) in [5.74, 6) is 2.95. The van der Waals surface area contributed by atoms with Crippen LogP contribution in [0.2, 0.25) is 0 Å². The molecule has 0 aliphatic rings. The van der Waals surface area contributed by atoms with Crippen molar-refractivity contribution in [1.82, 2.24) is 53.4 Å². The first-order valence-electron chi connectivity index (χ1n) is 46.4. The van der Waals surface area contributed by atoms with Crippen molar-refractivity contribution >= 4 is 105 Å². The van der Waals surface area contributed by atoms with Crippen molar-refractivity contribution in [2.75, 3.05) is 54.6 Å². The van der Waals surface area contributed by atoms with Crippen molar-refractivity contribution < 1.29 is 50.8 Å². The monoisotopic (exact) mass is 2230 g/mol. The molecule has 5 N–H and O–H groups in total. The first kappa shape index (κ1) is 117. The first-order chi connectivity index (χ1) is 70.8. The van der Waals surface area contributed by atoms with Crippen molar-refractivity contribution in [2.24, 2.45) is 21.1 Å². The van der Waals surface area contributed by atoms with E-state index in [0.717, 1.165) is 104 Å². The molecule has 0 saturated carbocycles. The summed E-state index contributed by atoms with van der Waals surface area (Å²) in [6.45, 7) is 25.4. The van der Waals surface area contributed by atoms with Gasteiger partial charge in [0.25, 0.3) is 22.2 Å². The van der Waals surface area contributed by atoms with E-state index in [2.05, 4.69) is 152 Å². The Hall–Kier alpha value is -16.3. The van der Waals surface area contributed by atoms with Crippen LogP contribution < -0.4 is 67.4 Å². The molecule has 38 heteroatoms. The first-order valence-corrected chi connectivity index (χ1v) is 48.7. The van der Waals surface area contributed by atoms with Gasteiger partial charge in [-0.2, -0.15) is 44.0 Å². The summed E-state index contributed by atoms with van der Waals surface area (Å²) in [5, 5.41) is 54.7. The lowest BCUT2D eigenvalue weighted by atomic mass is 9.86. The largest absolute Gasteiger partial charge is 0.497 e. The highest BCUT2D eigenvalue weighted by atomic mass is 79.9. The van der Waals surface area contributed by atoms with Gasteiger partial charge in [0.2, 0.25) is 0 Å². The zero-order chi connectivity index (χ0) is 111. The number of hydrogen-bond acceptors (Lipinski definition) is 25. The molecule has 0 saturated heterocycles. The minimum absolute atomic E-state index is 0.0248. The number of pyridine rings is 9. The summed E-state index contributed by atoms with van der Waals surface area (Å²) >= 11 is 9.74. The van der Waals surface area contributed by atoms with Crippen LogP contribution in [0.4, 0.5) is 62.4 Å². The average molecular weight is 2230 g/mol. The molecule has 0 amide bonds. The van der Waals surface area contributed by atoms with Gasteiger partial charge in [-0.25, -0.2) is 43.5 Å². The smallest absolute Gasteiger partial charge is 0.490 e. The number of anilines is 7. The van der Waals surface area contributed by atoms with Gasteiger partial charge in [-0.15, -0.1) is 0 Å². The normalized spacial score (nSPS) is 11.1. The number of halogens is 8. The minimum atomic E-state index is -5.08. The Bertz CT molecular complexity index is 7480. The number of benzene rings is 5. The van der Waals surface area contributed by atoms with Gasteiger partial charge < -0.3 is 63.9 Å². The van der Waals surface area contributed by atoms with Crippen molar-refractivity contribution in [3.05, 3.63) is 378 Å². The highest BCUT2D eigenvalue weighted by molar-refractivity contribution is 9.11. The van der Waals surface area contributed by atoms with E-state index in [9.17, 15) is 47.3 Å². The Kier molecular flexibility index (Phi) is 40.9. The summed E-state index contributed by atoms with van der Waals surface area (Å²) in [5.41, 5.74) is 13.4. The van der Waals surface area contributed by atoms with E-state index in [4.69, 9.17) is 45.1 Å². The number of nitrogens with zero attached hydrogens (tertiary/aromatic N) is 17. The predicted octanol–water partition coefficient (Wildman–Crippen LogP) is 22.7. The molecule has 0 atom stereocenters. The van der Waals surface area contributed by atoms with Crippen molar-refractivity contribution in [3.8, 4) is 64.2 Å². The molecule has 0 aliphatic heterocycles. The van der Waals surface area contributed by atoms with Crippen LogP contribution in [0, 0.1) is 57.0 Å². The summed E-state index contributed by atoms with van der Waals surface area (Å²) in [7, 11) is 11.7. The minimum Gasteiger partial charge on any atom is -0.497 e. The van der Waals surface area contributed by atoms with Gasteiger partial charge in [0.15, 0.2) is 5.82 Å². The number of ether oxygens (including phenoxy) is 4. The van der Waals surface area contributed by atoms with E-state index in [0.29, 0.717) is 82.4 Å². The Morgan fingerprint density at radius 2 is 0.820 bits per heavy atom. The van der Waals surface area contributed by atoms with Gasteiger partial charge in [0, 0.05) is 122 Å². The van der Waals surface area contributed by atoms with Crippen LogP contribution in [-0.2, 0) is 85.6 Å². The van der Waals surface area contributed by atoms with Gasteiger partial charge in [0.1, 0.15) is 75.1 Å². The fourth-order valence-corrected chi connectivity index (χ4v) is 16.1. The number of aromatic nitrogens is 11. The molecule has 0 bridgehead atoms. The maximum atomic E-state index is 15.3. The molecule has 10 heterocycles. The predicted molar refractivity (Wildman–Crippen MR) is 582 cm³/mol. The number of nitriles is 4. The fraction of sp³-hybridized carbons (Fsp3) is 0.268. The number of carbonyl (C=O) groups is 1. The van der Waals surface area contributed by atoms with Crippen LogP contribution in [-0.4, -0.2) is 99.1 Å². The van der Waals surface area contributed by atoms with E-state index in [1.54, 1.807) is 154 Å². The van der Waals surface area contributed by atoms with E-state index in [1.165, 1.54) is 38.2 Å². The topological polar surface area (TPSA) is 404 Å². The molecule has 150 heavy (non-hydrogen) atoms. The van der Waals surface area contributed by atoms with Gasteiger partial charge in [-0.05, 0) is 292 Å². The molecule has 0 spiro atoms. The fourth-order valence-electron chi connectivity index (χ4n) is 14.2. The van der Waals surface area contributed by atoms with E-state index >= 15 is 4.39 Å². The number of aryl methyl sites for hydroxylation is 3. The maximum absolute atomic E-state index is 15.3. The number of nitrogens with two attached hydrogens (primary N) is 1. The number of nitrogen functional groups attached to an aromatic ring is 1. The van der Waals surface area contributed by atoms with Gasteiger partial charge >= 0.3 is 12.1 Å². The number of methoxy groups -OCH3 is 4. The molecule has 778 valence electrons. The lowest BCUT2D eigenvalue weighted by Crippen LogP contribution is -2.25. The van der Waals surface area contributed by atoms with Crippen LogP contribution in [0.5, 0.6) is 23.0 Å². The Morgan fingerprint density at radius 3 is 1.17 bits per heavy atom. The number of fused-ring (bicyclic) bond motifs is 1. The van der Waals surface area contributed by atoms with Crippen LogP contribution >= 0.6 is 47.8 Å². The maximum Gasteiger partial charge on any atom is 0.490 e. The summed E-state index contributed by atoms with van der Waals surface area (Å²) in [4.78, 5) is 88.9. The van der Waals surface area contributed by atoms with Crippen LogP contribution in [0.15, 0.2) is 289 Å². The second kappa shape index (κ2) is 52.3. The summed E-state index contributed by atoms with van der Waals surface area (Å²) in [6, 6.07) is 68.8. The Morgan fingerprint density at radius 1 is 0.447 bits per heavy atom.